The van der Waals surface area contributed by atoms with Gasteiger partial charge < -0.3 is 0 Å². The highest BCUT2D eigenvalue weighted by Gasteiger charge is 2.34. The zero-order valence-corrected chi connectivity index (χ0v) is 11.8. The molecule has 0 bridgehead atoms. The van der Waals surface area contributed by atoms with Crippen LogP contribution in [-0.4, -0.2) is 0 Å². The molecule has 0 aromatic heterocycles. The van der Waals surface area contributed by atoms with Crippen molar-refractivity contribution < 1.29 is 17.6 Å². The normalized spacial score (nSPS) is 11.8. The lowest BCUT2D eigenvalue weighted by Crippen LogP contribution is -2.07. The predicted molar refractivity (Wildman–Crippen MR) is 71.9 cm³/mol. The van der Waals surface area contributed by atoms with E-state index in [1.807, 2.05) is 0 Å². The minimum absolute atomic E-state index is 0.0344. The van der Waals surface area contributed by atoms with Crippen LogP contribution >= 0.6 is 34.8 Å². The zero-order chi connectivity index (χ0) is 15.1. The Hall–Kier alpha value is -0.970. The first-order valence-corrected chi connectivity index (χ1v) is 6.36. The number of hydrogen-bond acceptors (Lipinski definition) is 0. The molecule has 0 heterocycles. The van der Waals surface area contributed by atoms with Crippen molar-refractivity contribution in [3.63, 3.8) is 0 Å². The molecule has 2 rings (SSSR count). The first-order chi connectivity index (χ1) is 9.21. The van der Waals surface area contributed by atoms with Crippen LogP contribution < -0.4 is 0 Å². The first kappa shape index (κ1) is 15.4. The van der Waals surface area contributed by atoms with Gasteiger partial charge in [0.25, 0.3) is 0 Å². The molecule has 0 saturated heterocycles. The Morgan fingerprint density at radius 3 is 2.05 bits per heavy atom. The van der Waals surface area contributed by atoms with Crippen LogP contribution in [-0.2, 0) is 6.18 Å². The van der Waals surface area contributed by atoms with Crippen LogP contribution in [0.1, 0.15) is 5.56 Å². The van der Waals surface area contributed by atoms with E-state index in [-0.39, 0.29) is 26.2 Å². The Kier molecular flexibility index (Phi) is 4.19. The first-order valence-electron chi connectivity index (χ1n) is 5.22. The maximum atomic E-state index is 13.3. The van der Waals surface area contributed by atoms with E-state index in [2.05, 4.69) is 0 Å². The second-order valence-electron chi connectivity index (χ2n) is 3.91. The molecule has 0 unspecified atom stereocenters. The molecule has 0 atom stereocenters. The van der Waals surface area contributed by atoms with E-state index < -0.39 is 17.6 Å². The van der Waals surface area contributed by atoms with Crippen molar-refractivity contribution in [1.29, 1.82) is 0 Å². The molecule has 0 N–H and O–H groups in total. The molecule has 0 nitrogen and oxygen atoms in total. The lowest BCUT2D eigenvalue weighted by molar-refractivity contribution is -0.137. The zero-order valence-electron chi connectivity index (χ0n) is 9.53. The Labute approximate surface area is 126 Å². The highest BCUT2D eigenvalue weighted by molar-refractivity contribution is 6.49. The van der Waals surface area contributed by atoms with Gasteiger partial charge in [-0.1, -0.05) is 40.9 Å². The molecule has 0 aliphatic heterocycles. The summed E-state index contributed by atoms with van der Waals surface area (Å²) < 4.78 is 52.1. The van der Waals surface area contributed by atoms with Gasteiger partial charge in [-0.15, -0.1) is 0 Å². The lowest BCUT2D eigenvalue weighted by Gasteiger charge is -2.15. The minimum Gasteiger partial charge on any atom is -0.207 e. The van der Waals surface area contributed by atoms with Gasteiger partial charge in [0.05, 0.1) is 20.6 Å². The van der Waals surface area contributed by atoms with Crippen molar-refractivity contribution in [3.8, 4) is 11.1 Å². The molecule has 7 heteroatoms. The fourth-order valence-electron chi connectivity index (χ4n) is 1.72. The van der Waals surface area contributed by atoms with E-state index in [0.29, 0.717) is 6.07 Å². The third-order valence-electron chi connectivity index (χ3n) is 2.61. The fourth-order valence-corrected chi connectivity index (χ4v) is 2.36. The summed E-state index contributed by atoms with van der Waals surface area (Å²) in [5.74, 6) is -0.810. The van der Waals surface area contributed by atoms with Crippen molar-refractivity contribution in [2.75, 3.05) is 0 Å². The number of halogens is 7. The van der Waals surface area contributed by atoms with E-state index in [0.717, 1.165) is 12.1 Å². The standard InChI is InChI=1S/C13H5Cl3F4/c14-10-4-2-7(11(15)12(10)16)8-5-6(17)1-3-9(8)13(18,19)20/h1-5H. The predicted octanol–water partition coefficient (Wildman–Crippen LogP) is 6.47. The summed E-state index contributed by atoms with van der Waals surface area (Å²) in [6.45, 7) is 0. The fraction of sp³-hybridized carbons (Fsp3) is 0.0769. The van der Waals surface area contributed by atoms with Crippen LogP contribution in [0.25, 0.3) is 11.1 Å². The summed E-state index contributed by atoms with van der Waals surface area (Å²) in [6.07, 6.45) is -4.64. The van der Waals surface area contributed by atoms with Crippen molar-refractivity contribution in [1.82, 2.24) is 0 Å². The topological polar surface area (TPSA) is 0 Å². The molecule has 0 aliphatic rings. The minimum atomic E-state index is -4.64. The van der Waals surface area contributed by atoms with Crippen LogP contribution in [0.4, 0.5) is 17.6 Å². The van der Waals surface area contributed by atoms with Crippen molar-refractivity contribution in [2.24, 2.45) is 0 Å². The summed E-state index contributed by atoms with van der Waals surface area (Å²) in [5, 5.41) is -0.135. The molecular weight excluding hydrogens is 338 g/mol. The molecule has 0 fully saturated rings. The molecule has 2 aromatic carbocycles. The average Bonchev–Trinajstić information content (AvgIpc) is 2.34. The van der Waals surface area contributed by atoms with Gasteiger partial charge in [-0.05, 0) is 29.8 Å². The highest BCUT2D eigenvalue weighted by Crippen LogP contribution is 2.43. The average molecular weight is 344 g/mol. The van der Waals surface area contributed by atoms with Crippen molar-refractivity contribution in [3.05, 3.63) is 56.8 Å². The van der Waals surface area contributed by atoms with E-state index in [4.69, 9.17) is 34.8 Å². The van der Waals surface area contributed by atoms with Gasteiger partial charge in [0.15, 0.2) is 0 Å². The molecule has 106 valence electrons. The Bertz CT molecular complexity index is 665. The van der Waals surface area contributed by atoms with Crippen molar-refractivity contribution >= 4 is 34.8 Å². The molecule has 0 saturated carbocycles. The summed E-state index contributed by atoms with van der Waals surface area (Å²) in [4.78, 5) is 0. The van der Waals surface area contributed by atoms with E-state index in [1.54, 1.807) is 0 Å². The second-order valence-corrected chi connectivity index (χ2v) is 5.07. The Balaban J connectivity index is 2.76. The van der Waals surface area contributed by atoms with Crippen LogP contribution in [0.3, 0.4) is 0 Å². The van der Waals surface area contributed by atoms with Gasteiger partial charge >= 0.3 is 6.18 Å². The summed E-state index contributed by atoms with van der Waals surface area (Å²) >= 11 is 17.4. The number of hydrogen-bond donors (Lipinski definition) is 0. The number of alkyl halides is 3. The second kappa shape index (κ2) is 5.43. The van der Waals surface area contributed by atoms with Gasteiger partial charge in [0, 0.05) is 5.56 Å². The largest absolute Gasteiger partial charge is 0.417 e. The molecule has 0 amide bonds. The molecule has 0 aliphatic carbocycles. The third-order valence-corrected chi connectivity index (χ3v) is 3.91. The van der Waals surface area contributed by atoms with E-state index in [1.165, 1.54) is 12.1 Å². The SMILES string of the molecule is Fc1ccc(C(F)(F)F)c(-c2ccc(Cl)c(Cl)c2Cl)c1. The van der Waals surface area contributed by atoms with E-state index >= 15 is 0 Å². The highest BCUT2D eigenvalue weighted by atomic mass is 35.5. The maximum Gasteiger partial charge on any atom is 0.417 e. The van der Waals surface area contributed by atoms with Crippen LogP contribution in [0.15, 0.2) is 30.3 Å². The van der Waals surface area contributed by atoms with Gasteiger partial charge in [-0.3, -0.25) is 0 Å². The summed E-state index contributed by atoms with van der Waals surface area (Å²) in [7, 11) is 0. The monoisotopic (exact) mass is 342 g/mol. The molecule has 20 heavy (non-hydrogen) atoms. The Morgan fingerprint density at radius 1 is 0.800 bits per heavy atom. The molecule has 0 spiro atoms. The van der Waals surface area contributed by atoms with Crippen LogP contribution in [0.2, 0.25) is 15.1 Å². The molecule has 0 radical (unpaired) electrons. The van der Waals surface area contributed by atoms with Crippen LogP contribution in [0.5, 0.6) is 0 Å². The number of benzene rings is 2. The lowest BCUT2D eigenvalue weighted by atomic mass is 9.99. The summed E-state index contributed by atoms with van der Waals surface area (Å²) in [6, 6.07) is 4.71. The van der Waals surface area contributed by atoms with Crippen LogP contribution in [0, 0.1) is 5.82 Å². The van der Waals surface area contributed by atoms with Crippen molar-refractivity contribution in [2.45, 2.75) is 6.18 Å². The number of rotatable bonds is 1. The third kappa shape index (κ3) is 2.87. The van der Waals surface area contributed by atoms with Gasteiger partial charge in [-0.25, -0.2) is 4.39 Å². The van der Waals surface area contributed by atoms with E-state index in [9.17, 15) is 17.6 Å². The smallest absolute Gasteiger partial charge is 0.207 e. The van der Waals surface area contributed by atoms with Gasteiger partial charge in [0.1, 0.15) is 5.82 Å². The van der Waals surface area contributed by atoms with Gasteiger partial charge in [-0.2, -0.15) is 13.2 Å². The molecular formula is C13H5Cl3F4. The maximum absolute atomic E-state index is 13.3. The quantitative estimate of drug-likeness (QED) is 0.411. The Morgan fingerprint density at radius 2 is 1.45 bits per heavy atom. The molecule has 2 aromatic rings. The van der Waals surface area contributed by atoms with Gasteiger partial charge in [0.2, 0.25) is 0 Å². The summed E-state index contributed by atoms with van der Waals surface area (Å²) in [5.41, 5.74) is -1.42.